The Morgan fingerprint density at radius 2 is 1.53 bits per heavy atom. The topological polar surface area (TPSA) is 49.4 Å². The first kappa shape index (κ1) is 21.9. The number of carbonyl (C=O) groups is 2. The van der Waals surface area contributed by atoms with Crippen molar-refractivity contribution in [1.29, 1.82) is 0 Å². The predicted octanol–water partition coefficient (Wildman–Crippen LogP) is 6.65. The summed E-state index contributed by atoms with van der Waals surface area (Å²) in [5.74, 6) is -0.274. The van der Waals surface area contributed by atoms with Gasteiger partial charge in [0.05, 0.1) is 6.54 Å². The summed E-state index contributed by atoms with van der Waals surface area (Å²) in [6.07, 6.45) is 0.722. The van der Waals surface area contributed by atoms with Gasteiger partial charge < -0.3 is 10.2 Å². The van der Waals surface area contributed by atoms with Crippen molar-refractivity contribution in [3.05, 3.63) is 129 Å². The normalized spacial score (nSPS) is 12.4. The van der Waals surface area contributed by atoms with E-state index < -0.39 is 0 Å². The van der Waals surface area contributed by atoms with E-state index in [1.165, 1.54) is 5.56 Å². The quantitative estimate of drug-likeness (QED) is 0.367. The Balaban J connectivity index is 1.42. The van der Waals surface area contributed by atoms with Crippen LogP contribution in [0.25, 0.3) is 0 Å². The van der Waals surface area contributed by atoms with Crippen molar-refractivity contribution in [2.45, 2.75) is 19.9 Å². The number of aryl methyl sites for hydroxylation is 1. The van der Waals surface area contributed by atoms with Crippen molar-refractivity contribution in [3.8, 4) is 0 Å². The Bertz CT molecular complexity index is 1400. The maximum Gasteiger partial charge on any atom is 0.258 e. The smallest absolute Gasteiger partial charge is 0.258 e. The number of nitrogens with zero attached hydrogens (tertiary/aromatic N) is 1. The van der Waals surface area contributed by atoms with E-state index in [1.54, 1.807) is 35.2 Å². The molecule has 0 unspecified atom stereocenters. The lowest BCUT2D eigenvalue weighted by atomic mass is 10.0. The molecule has 0 saturated carbocycles. The van der Waals surface area contributed by atoms with Gasteiger partial charge in [0.25, 0.3) is 11.8 Å². The average molecular weight is 467 g/mol. The van der Waals surface area contributed by atoms with Crippen molar-refractivity contribution in [3.63, 3.8) is 0 Å². The van der Waals surface area contributed by atoms with Crippen molar-refractivity contribution < 1.29 is 9.59 Å². The van der Waals surface area contributed by atoms with E-state index >= 15 is 0 Å². The molecule has 0 spiro atoms. The van der Waals surface area contributed by atoms with Crippen LogP contribution < -0.4 is 10.2 Å². The molecule has 34 heavy (non-hydrogen) atoms. The summed E-state index contributed by atoms with van der Waals surface area (Å²) in [7, 11) is 0. The van der Waals surface area contributed by atoms with Crippen molar-refractivity contribution >= 4 is 34.8 Å². The number of benzene rings is 4. The number of fused-ring (bicyclic) bond motifs is 2. The van der Waals surface area contributed by atoms with Gasteiger partial charge in [0.15, 0.2) is 0 Å². The van der Waals surface area contributed by atoms with Gasteiger partial charge in [-0.1, -0.05) is 54.1 Å². The van der Waals surface area contributed by atoms with E-state index in [2.05, 4.69) is 17.4 Å². The first-order chi connectivity index (χ1) is 16.5. The predicted molar refractivity (Wildman–Crippen MR) is 137 cm³/mol. The molecule has 0 aromatic heterocycles. The third kappa shape index (κ3) is 4.33. The molecule has 4 aromatic rings. The van der Waals surface area contributed by atoms with Crippen LogP contribution in [0.3, 0.4) is 0 Å². The van der Waals surface area contributed by atoms with Gasteiger partial charge in [-0.2, -0.15) is 0 Å². The van der Waals surface area contributed by atoms with Crippen LogP contribution in [0.1, 0.15) is 43.0 Å². The van der Waals surface area contributed by atoms with Crippen LogP contribution in [-0.2, 0) is 13.0 Å². The maximum atomic E-state index is 13.6. The first-order valence-corrected chi connectivity index (χ1v) is 11.5. The molecule has 0 radical (unpaired) electrons. The lowest BCUT2D eigenvalue weighted by Crippen LogP contribution is -2.30. The van der Waals surface area contributed by atoms with Crippen molar-refractivity contribution in [2.75, 3.05) is 10.2 Å². The van der Waals surface area contributed by atoms with E-state index in [0.717, 1.165) is 28.8 Å². The summed E-state index contributed by atoms with van der Waals surface area (Å²) < 4.78 is 0. The molecule has 4 aromatic carbocycles. The Morgan fingerprint density at radius 3 is 2.29 bits per heavy atom. The van der Waals surface area contributed by atoms with E-state index in [-0.39, 0.29) is 11.8 Å². The highest BCUT2D eigenvalue weighted by atomic mass is 35.5. The molecule has 1 heterocycles. The number of hydrogen-bond donors (Lipinski definition) is 1. The lowest BCUT2D eigenvalue weighted by molar-refractivity contribution is 0.0984. The largest absolute Gasteiger partial charge is 0.322 e. The molecule has 0 saturated heterocycles. The molecule has 0 bridgehead atoms. The summed E-state index contributed by atoms with van der Waals surface area (Å²) in [6, 6.07) is 28.3. The van der Waals surface area contributed by atoms with Crippen molar-refractivity contribution in [2.24, 2.45) is 0 Å². The van der Waals surface area contributed by atoms with Gasteiger partial charge in [-0.15, -0.1) is 0 Å². The van der Waals surface area contributed by atoms with Gasteiger partial charge in [0.1, 0.15) is 0 Å². The second-order valence-corrected chi connectivity index (χ2v) is 8.89. The highest BCUT2D eigenvalue weighted by Crippen LogP contribution is 2.33. The summed E-state index contributed by atoms with van der Waals surface area (Å²) in [4.78, 5) is 28.0. The summed E-state index contributed by atoms with van der Waals surface area (Å²) in [6.45, 7) is 2.39. The minimum atomic E-state index is -0.174. The molecule has 4 nitrogen and oxygen atoms in total. The second kappa shape index (κ2) is 9.16. The van der Waals surface area contributed by atoms with Crippen LogP contribution in [0.15, 0.2) is 91.0 Å². The molecule has 2 amide bonds. The second-order valence-electron chi connectivity index (χ2n) is 8.46. The number of nitrogens with one attached hydrogen (secondary N) is 1. The van der Waals surface area contributed by atoms with Gasteiger partial charge >= 0.3 is 0 Å². The van der Waals surface area contributed by atoms with Gasteiger partial charge in [-0.05, 0) is 84.1 Å². The molecule has 168 valence electrons. The number of amides is 2. The zero-order valence-corrected chi connectivity index (χ0v) is 19.5. The molecule has 1 aliphatic rings. The van der Waals surface area contributed by atoms with Crippen LogP contribution in [0.4, 0.5) is 11.4 Å². The number of carbonyl (C=O) groups excluding carboxylic acids is 2. The van der Waals surface area contributed by atoms with Crippen LogP contribution in [0.5, 0.6) is 0 Å². The fourth-order valence-electron chi connectivity index (χ4n) is 4.36. The Labute approximate surface area is 203 Å². The summed E-state index contributed by atoms with van der Waals surface area (Å²) >= 11 is 6.28. The molecular formula is C29H23ClN2O2. The third-order valence-corrected chi connectivity index (χ3v) is 6.42. The summed E-state index contributed by atoms with van der Waals surface area (Å²) in [5.41, 5.74) is 6.91. The third-order valence-electron chi connectivity index (χ3n) is 6.18. The molecule has 5 rings (SSSR count). The Kier molecular flexibility index (Phi) is 5.91. The monoisotopic (exact) mass is 466 g/mol. The summed E-state index contributed by atoms with van der Waals surface area (Å²) in [5, 5.41) is 3.56. The zero-order valence-electron chi connectivity index (χ0n) is 18.7. The number of hydrogen-bond acceptors (Lipinski definition) is 2. The molecule has 0 atom stereocenters. The Morgan fingerprint density at radius 1 is 0.824 bits per heavy atom. The number of halogens is 1. The average Bonchev–Trinajstić information content (AvgIpc) is 3.00. The zero-order chi connectivity index (χ0) is 23.7. The van der Waals surface area contributed by atoms with Crippen LogP contribution >= 0.6 is 11.6 Å². The minimum absolute atomic E-state index is 0.0999. The van der Waals surface area contributed by atoms with Crippen LogP contribution in [0.2, 0.25) is 5.02 Å². The maximum absolute atomic E-state index is 13.6. The van der Waals surface area contributed by atoms with Gasteiger partial charge in [-0.25, -0.2) is 0 Å². The highest BCUT2D eigenvalue weighted by molar-refractivity contribution is 6.30. The van der Waals surface area contributed by atoms with Crippen LogP contribution in [0, 0.1) is 6.92 Å². The van der Waals surface area contributed by atoms with Gasteiger partial charge in [0.2, 0.25) is 0 Å². The van der Waals surface area contributed by atoms with Crippen molar-refractivity contribution in [1.82, 2.24) is 0 Å². The Hall–Kier alpha value is -3.89. The van der Waals surface area contributed by atoms with E-state index in [9.17, 15) is 9.59 Å². The highest BCUT2D eigenvalue weighted by Gasteiger charge is 2.25. The molecule has 0 aliphatic carbocycles. The van der Waals surface area contributed by atoms with Crippen LogP contribution in [-0.4, -0.2) is 11.8 Å². The SMILES string of the molecule is Cc1ccccc1C(=O)Nc1ccc(C(=O)N2Cc3ccccc3Cc3cc(Cl)ccc32)cc1. The molecule has 1 aliphatic heterocycles. The van der Waals surface area contributed by atoms with E-state index in [0.29, 0.717) is 28.4 Å². The standard InChI is InChI=1S/C29H23ClN2O2/c1-19-6-2-5-9-26(19)28(33)31-25-13-10-20(11-14-25)29(34)32-18-22-8-4-3-7-21(22)16-23-17-24(30)12-15-27(23)32/h2-15,17H,16,18H2,1H3,(H,31,33). The number of rotatable bonds is 3. The number of anilines is 2. The van der Waals surface area contributed by atoms with E-state index in [1.807, 2.05) is 55.5 Å². The minimum Gasteiger partial charge on any atom is -0.322 e. The fourth-order valence-corrected chi connectivity index (χ4v) is 4.56. The molecule has 0 fully saturated rings. The molecule has 1 N–H and O–H groups in total. The fraction of sp³-hybridized carbons (Fsp3) is 0.103. The molecular weight excluding hydrogens is 444 g/mol. The molecule has 5 heteroatoms. The van der Waals surface area contributed by atoms with Gasteiger partial charge in [0, 0.05) is 27.5 Å². The van der Waals surface area contributed by atoms with Gasteiger partial charge in [-0.3, -0.25) is 9.59 Å². The lowest BCUT2D eigenvalue weighted by Gasteiger charge is -2.24. The van der Waals surface area contributed by atoms with E-state index in [4.69, 9.17) is 11.6 Å². The first-order valence-electron chi connectivity index (χ1n) is 11.1.